The summed E-state index contributed by atoms with van der Waals surface area (Å²) in [4.78, 5) is 10.5. The highest BCUT2D eigenvalue weighted by molar-refractivity contribution is 5.58. The lowest BCUT2D eigenvalue weighted by Crippen LogP contribution is -2.44. The van der Waals surface area contributed by atoms with Crippen molar-refractivity contribution >= 4 is 6.29 Å². The molecule has 1 saturated heterocycles. The predicted octanol–water partition coefficient (Wildman–Crippen LogP) is 0.563. The van der Waals surface area contributed by atoms with Gasteiger partial charge in [0.2, 0.25) is 0 Å². The van der Waals surface area contributed by atoms with Crippen LogP contribution in [-0.4, -0.2) is 29.4 Å². The van der Waals surface area contributed by atoms with E-state index in [4.69, 9.17) is 0 Å². The van der Waals surface area contributed by atoms with Crippen LogP contribution in [0.1, 0.15) is 27.2 Å². The van der Waals surface area contributed by atoms with Gasteiger partial charge in [-0.25, -0.2) is 10.4 Å². The lowest BCUT2D eigenvalue weighted by molar-refractivity contribution is -0.109. The second-order valence-corrected chi connectivity index (χ2v) is 3.63. The van der Waals surface area contributed by atoms with Gasteiger partial charge in [-0.05, 0) is 20.3 Å². The maximum absolute atomic E-state index is 10.5. The topological polar surface area (TPSA) is 32.3 Å². The molecule has 0 amide bonds. The van der Waals surface area contributed by atoms with E-state index in [1.54, 1.807) is 0 Å². The summed E-state index contributed by atoms with van der Waals surface area (Å²) < 4.78 is 0. The summed E-state index contributed by atoms with van der Waals surface area (Å²) in [6.07, 6.45) is 1.89. The van der Waals surface area contributed by atoms with Gasteiger partial charge >= 0.3 is 0 Å². The maximum Gasteiger partial charge on any atom is 0.138 e. The number of nitrogens with zero attached hydrogens (tertiary/aromatic N) is 1. The first kappa shape index (κ1) is 8.68. The van der Waals surface area contributed by atoms with Crippen molar-refractivity contribution in [1.29, 1.82) is 0 Å². The van der Waals surface area contributed by atoms with Crippen molar-refractivity contribution < 1.29 is 4.79 Å². The summed E-state index contributed by atoms with van der Waals surface area (Å²) in [7, 11) is 0. The SMILES string of the molecule is CCN1NC(C=O)CC1(C)C. The van der Waals surface area contributed by atoms with E-state index in [0.29, 0.717) is 0 Å². The smallest absolute Gasteiger partial charge is 0.138 e. The molecule has 1 aliphatic heterocycles. The molecule has 0 aromatic rings. The zero-order valence-electron chi connectivity index (χ0n) is 7.42. The maximum atomic E-state index is 10.5. The number of hydrazine groups is 1. The molecule has 64 valence electrons. The summed E-state index contributed by atoms with van der Waals surface area (Å²) in [5.41, 5.74) is 3.27. The van der Waals surface area contributed by atoms with Crippen LogP contribution in [0.25, 0.3) is 0 Å². The van der Waals surface area contributed by atoms with Crippen molar-refractivity contribution in [2.24, 2.45) is 0 Å². The Hall–Kier alpha value is -0.410. The Morgan fingerprint density at radius 2 is 2.36 bits per heavy atom. The molecular formula is C8H16N2O. The Labute approximate surface area is 67.7 Å². The van der Waals surface area contributed by atoms with Crippen molar-refractivity contribution in [3.8, 4) is 0 Å². The van der Waals surface area contributed by atoms with Crippen LogP contribution < -0.4 is 5.43 Å². The number of carbonyl (C=O) groups excluding carboxylic acids is 1. The van der Waals surface area contributed by atoms with Crippen LogP contribution in [0.4, 0.5) is 0 Å². The number of nitrogens with one attached hydrogen (secondary N) is 1. The minimum absolute atomic E-state index is 0.0185. The van der Waals surface area contributed by atoms with Gasteiger partial charge in [-0.3, -0.25) is 0 Å². The molecule has 0 bridgehead atoms. The highest BCUT2D eigenvalue weighted by Gasteiger charge is 2.36. The summed E-state index contributed by atoms with van der Waals surface area (Å²) in [5, 5.41) is 2.12. The molecule has 0 spiro atoms. The molecular weight excluding hydrogens is 140 g/mol. The van der Waals surface area contributed by atoms with Gasteiger partial charge in [0.25, 0.3) is 0 Å². The Bertz CT molecular complexity index is 156. The van der Waals surface area contributed by atoms with Gasteiger partial charge in [-0.1, -0.05) is 6.92 Å². The van der Waals surface area contributed by atoms with Crippen molar-refractivity contribution in [2.45, 2.75) is 38.8 Å². The third kappa shape index (κ3) is 1.60. The summed E-state index contributed by atoms with van der Waals surface area (Å²) >= 11 is 0. The number of hydrogen-bond donors (Lipinski definition) is 1. The molecule has 11 heavy (non-hydrogen) atoms. The van der Waals surface area contributed by atoms with Gasteiger partial charge in [0, 0.05) is 12.1 Å². The van der Waals surface area contributed by atoms with Crippen molar-refractivity contribution in [3.63, 3.8) is 0 Å². The van der Waals surface area contributed by atoms with Gasteiger partial charge in [0.1, 0.15) is 6.29 Å². The quantitative estimate of drug-likeness (QED) is 0.593. The van der Waals surface area contributed by atoms with Gasteiger partial charge in [0.15, 0.2) is 0 Å². The van der Waals surface area contributed by atoms with Crippen molar-refractivity contribution in [1.82, 2.24) is 10.4 Å². The highest BCUT2D eigenvalue weighted by atomic mass is 16.1. The number of aldehydes is 1. The van der Waals surface area contributed by atoms with Crippen LogP contribution in [0.5, 0.6) is 0 Å². The Kier molecular flexibility index (Phi) is 2.30. The fourth-order valence-corrected chi connectivity index (χ4v) is 1.67. The van der Waals surface area contributed by atoms with E-state index in [0.717, 1.165) is 19.3 Å². The molecule has 1 rings (SSSR count). The van der Waals surface area contributed by atoms with E-state index in [9.17, 15) is 4.79 Å². The van der Waals surface area contributed by atoms with Crippen molar-refractivity contribution in [3.05, 3.63) is 0 Å². The minimum atomic E-state index is 0.0185. The van der Waals surface area contributed by atoms with E-state index in [-0.39, 0.29) is 11.6 Å². The predicted molar refractivity (Wildman–Crippen MR) is 44.1 cm³/mol. The number of hydrogen-bond acceptors (Lipinski definition) is 3. The second-order valence-electron chi connectivity index (χ2n) is 3.63. The molecule has 0 aliphatic carbocycles. The lowest BCUT2D eigenvalue weighted by atomic mass is 9.98. The first-order chi connectivity index (χ1) is 5.10. The van der Waals surface area contributed by atoms with Gasteiger partial charge < -0.3 is 4.79 Å². The van der Waals surface area contributed by atoms with Crippen LogP contribution in [0, 0.1) is 0 Å². The largest absolute Gasteiger partial charge is 0.302 e. The zero-order chi connectivity index (χ0) is 8.48. The average molecular weight is 156 g/mol. The molecule has 1 fully saturated rings. The van der Waals surface area contributed by atoms with E-state index in [1.165, 1.54) is 0 Å². The fourth-order valence-electron chi connectivity index (χ4n) is 1.67. The third-order valence-electron chi connectivity index (χ3n) is 2.25. The van der Waals surface area contributed by atoms with E-state index < -0.39 is 0 Å². The monoisotopic (exact) mass is 156 g/mol. The van der Waals surface area contributed by atoms with Crippen LogP contribution >= 0.6 is 0 Å². The average Bonchev–Trinajstić information content (AvgIpc) is 2.24. The van der Waals surface area contributed by atoms with E-state index >= 15 is 0 Å². The molecule has 1 atom stereocenters. The van der Waals surface area contributed by atoms with E-state index in [2.05, 4.69) is 31.2 Å². The molecule has 3 nitrogen and oxygen atoms in total. The van der Waals surface area contributed by atoms with Crippen LogP contribution in [0.3, 0.4) is 0 Å². The van der Waals surface area contributed by atoms with Crippen molar-refractivity contribution in [2.75, 3.05) is 6.54 Å². The Morgan fingerprint density at radius 3 is 2.64 bits per heavy atom. The van der Waals surface area contributed by atoms with Crippen LogP contribution in [0.15, 0.2) is 0 Å². The molecule has 1 aliphatic rings. The molecule has 0 saturated carbocycles. The fraction of sp³-hybridized carbons (Fsp3) is 0.875. The number of rotatable bonds is 2. The lowest BCUT2D eigenvalue weighted by Gasteiger charge is -2.28. The second kappa shape index (κ2) is 2.91. The summed E-state index contributed by atoms with van der Waals surface area (Å²) in [6.45, 7) is 7.32. The molecule has 0 aromatic heterocycles. The molecule has 0 radical (unpaired) electrons. The molecule has 1 N–H and O–H groups in total. The molecule has 3 heteroatoms. The first-order valence-electron chi connectivity index (χ1n) is 4.09. The molecule has 1 unspecified atom stereocenters. The third-order valence-corrected chi connectivity index (χ3v) is 2.25. The molecule has 0 aromatic carbocycles. The van der Waals surface area contributed by atoms with Gasteiger partial charge in [-0.2, -0.15) is 0 Å². The molecule has 1 heterocycles. The van der Waals surface area contributed by atoms with Crippen LogP contribution in [0.2, 0.25) is 0 Å². The summed E-state index contributed by atoms with van der Waals surface area (Å²) in [6, 6.07) is 0.0185. The zero-order valence-corrected chi connectivity index (χ0v) is 7.42. The highest BCUT2D eigenvalue weighted by Crippen LogP contribution is 2.24. The van der Waals surface area contributed by atoms with E-state index in [1.807, 2.05) is 0 Å². The number of carbonyl (C=O) groups is 1. The Morgan fingerprint density at radius 1 is 1.73 bits per heavy atom. The Balaban J connectivity index is 2.62. The normalized spacial score (nSPS) is 30.6. The van der Waals surface area contributed by atoms with Gasteiger partial charge in [-0.15, -0.1) is 0 Å². The standard InChI is InChI=1S/C8H16N2O/c1-4-10-8(2,3)5-7(6-11)9-10/h6-7,9H,4-5H2,1-3H3. The summed E-state index contributed by atoms with van der Waals surface area (Å²) in [5.74, 6) is 0. The first-order valence-corrected chi connectivity index (χ1v) is 4.09. The van der Waals surface area contributed by atoms with Gasteiger partial charge in [0.05, 0.1) is 6.04 Å². The minimum Gasteiger partial charge on any atom is -0.302 e. The van der Waals surface area contributed by atoms with Crippen LogP contribution in [-0.2, 0) is 4.79 Å².